The summed E-state index contributed by atoms with van der Waals surface area (Å²) in [5, 5.41) is 17.2. The van der Waals surface area contributed by atoms with E-state index in [9.17, 15) is 4.79 Å². The van der Waals surface area contributed by atoms with Gasteiger partial charge in [-0.05, 0) is 56.7 Å². The number of rotatable bonds is 7. The van der Waals surface area contributed by atoms with E-state index in [0.717, 1.165) is 54.1 Å². The highest BCUT2D eigenvalue weighted by Crippen LogP contribution is 2.31. The fraction of sp³-hybridized carbons (Fsp3) is 0.409. The molecule has 6 nitrogen and oxygen atoms in total. The zero-order valence-electron chi connectivity index (χ0n) is 16.1. The van der Waals surface area contributed by atoms with Gasteiger partial charge in [0.25, 0.3) is 0 Å². The zero-order valence-corrected chi connectivity index (χ0v) is 16.1. The fourth-order valence-electron chi connectivity index (χ4n) is 3.49. The van der Waals surface area contributed by atoms with Crippen molar-refractivity contribution in [1.82, 2.24) is 15.3 Å². The van der Waals surface area contributed by atoms with Crippen LogP contribution in [0.4, 0.5) is 5.82 Å². The van der Waals surface area contributed by atoms with Gasteiger partial charge in [0.15, 0.2) is 0 Å². The maximum absolute atomic E-state index is 11.9. The average molecular weight is 378 g/mol. The molecule has 1 fully saturated rings. The minimum Gasteiger partial charge on any atom is -0.396 e. The van der Waals surface area contributed by atoms with Crippen molar-refractivity contribution in [3.8, 4) is 0 Å². The summed E-state index contributed by atoms with van der Waals surface area (Å²) in [7, 11) is 0. The lowest BCUT2D eigenvalue weighted by atomic mass is 9.96. The van der Waals surface area contributed by atoms with E-state index < -0.39 is 0 Å². The largest absolute Gasteiger partial charge is 0.396 e. The quantitative estimate of drug-likeness (QED) is 0.643. The summed E-state index contributed by atoms with van der Waals surface area (Å²) in [6, 6.07) is 4.21. The third-order valence-electron chi connectivity index (χ3n) is 5.32. The number of nitrogens with one attached hydrogen (secondary N) is 2. The van der Waals surface area contributed by atoms with Crippen molar-refractivity contribution in [3.05, 3.63) is 48.1 Å². The second kappa shape index (κ2) is 8.10. The molecule has 6 heteroatoms. The van der Waals surface area contributed by atoms with Crippen LogP contribution in [0.25, 0.3) is 16.3 Å². The Bertz CT molecular complexity index is 947. The number of carbonyl (C=O) groups excluding carboxylic acids is 1. The van der Waals surface area contributed by atoms with Crippen LogP contribution in [-0.4, -0.2) is 33.6 Å². The lowest BCUT2D eigenvalue weighted by Gasteiger charge is -2.22. The van der Waals surface area contributed by atoms with Crippen LogP contribution in [0.15, 0.2) is 42.4 Å². The Kier molecular flexibility index (Phi) is 5.39. The first-order chi connectivity index (χ1) is 13.6. The van der Waals surface area contributed by atoms with Crippen LogP contribution in [0.5, 0.6) is 0 Å². The topological polar surface area (TPSA) is 87.1 Å². The van der Waals surface area contributed by atoms with Crippen molar-refractivity contribution in [1.29, 1.82) is 0 Å². The predicted molar refractivity (Wildman–Crippen MR) is 110 cm³/mol. The van der Waals surface area contributed by atoms with Crippen molar-refractivity contribution >= 4 is 28.1 Å². The molecule has 3 N–H and O–H groups in total. The van der Waals surface area contributed by atoms with Crippen molar-refractivity contribution in [3.63, 3.8) is 0 Å². The monoisotopic (exact) mass is 378 g/mol. The molecule has 1 aliphatic heterocycles. The maximum atomic E-state index is 11.9. The van der Waals surface area contributed by atoms with Crippen LogP contribution in [0.3, 0.4) is 0 Å². The Labute approximate surface area is 164 Å². The van der Waals surface area contributed by atoms with Crippen molar-refractivity contribution in [2.45, 2.75) is 45.1 Å². The second-order valence-corrected chi connectivity index (χ2v) is 7.65. The fourth-order valence-corrected chi connectivity index (χ4v) is 3.49. The van der Waals surface area contributed by atoms with Gasteiger partial charge in [0.2, 0.25) is 5.91 Å². The molecule has 1 saturated carbocycles. The normalized spacial score (nSPS) is 19.0. The van der Waals surface area contributed by atoms with Crippen LogP contribution in [-0.2, 0) is 4.79 Å². The first kappa shape index (κ1) is 18.6. The van der Waals surface area contributed by atoms with Crippen LogP contribution in [0.1, 0.15) is 44.7 Å². The molecule has 2 aromatic heterocycles. The van der Waals surface area contributed by atoms with Crippen molar-refractivity contribution in [2.24, 2.45) is 5.92 Å². The van der Waals surface area contributed by atoms with Gasteiger partial charge < -0.3 is 15.7 Å². The molecule has 1 atom stereocenters. The summed E-state index contributed by atoms with van der Waals surface area (Å²) in [6.45, 7) is 2.35. The first-order valence-electron chi connectivity index (χ1n) is 9.97. The summed E-state index contributed by atoms with van der Waals surface area (Å²) >= 11 is 0. The van der Waals surface area contributed by atoms with E-state index in [1.54, 1.807) is 6.20 Å². The van der Waals surface area contributed by atoms with Gasteiger partial charge in [-0.15, -0.1) is 0 Å². The number of nitrogens with zero attached hydrogens (tertiary/aromatic N) is 2. The highest BCUT2D eigenvalue weighted by molar-refractivity contribution is 5.95. The molecule has 0 saturated heterocycles. The third kappa shape index (κ3) is 4.22. The van der Waals surface area contributed by atoms with E-state index in [0.29, 0.717) is 11.9 Å². The number of hydrogen-bond acceptors (Lipinski definition) is 5. The standard InChI is InChI=1S/C22H26N4O2/c1-14-8-18(4-2-3-7-27)23-13-19(14)20-9-16-12-25-21(10-17(16)11-24-20)26-22(28)15-5-6-15/h8-13,15,18,23,27H,2-7H2,1H3,(H,25,26,28). The minimum atomic E-state index is 0.0594. The van der Waals surface area contributed by atoms with Gasteiger partial charge in [-0.3, -0.25) is 9.78 Å². The number of dihydropyridines is 1. The van der Waals surface area contributed by atoms with Crippen LogP contribution >= 0.6 is 0 Å². The van der Waals surface area contributed by atoms with Crippen LogP contribution < -0.4 is 10.6 Å². The number of anilines is 1. The number of aliphatic hydroxyl groups excluding tert-OH is 1. The molecule has 1 amide bonds. The molecule has 2 aliphatic rings. The van der Waals surface area contributed by atoms with Gasteiger partial charge in [0.05, 0.1) is 5.69 Å². The lowest BCUT2D eigenvalue weighted by molar-refractivity contribution is -0.117. The molecule has 3 heterocycles. The number of aliphatic hydroxyl groups is 1. The van der Waals surface area contributed by atoms with Gasteiger partial charge in [0.1, 0.15) is 5.82 Å². The van der Waals surface area contributed by atoms with E-state index in [2.05, 4.69) is 33.6 Å². The molecule has 0 spiro atoms. The summed E-state index contributed by atoms with van der Waals surface area (Å²) in [4.78, 5) is 20.9. The summed E-state index contributed by atoms with van der Waals surface area (Å²) in [6.07, 6.45) is 12.7. The molecule has 146 valence electrons. The van der Waals surface area contributed by atoms with E-state index >= 15 is 0 Å². The van der Waals surface area contributed by atoms with Crippen molar-refractivity contribution in [2.75, 3.05) is 11.9 Å². The number of carbonyl (C=O) groups is 1. The first-order valence-corrected chi connectivity index (χ1v) is 9.97. The maximum Gasteiger partial charge on any atom is 0.228 e. The van der Waals surface area contributed by atoms with E-state index in [-0.39, 0.29) is 18.4 Å². The van der Waals surface area contributed by atoms with Gasteiger partial charge in [-0.25, -0.2) is 4.98 Å². The molecule has 4 rings (SSSR count). The Hall–Kier alpha value is -2.73. The van der Waals surface area contributed by atoms with Crippen molar-refractivity contribution < 1.29 is 9.90 Å². The molecule has 28 heavy (non-hydrogen) atoms. The number of pyridine rings is 2. The highest BCUT2D eigenvalue weighted by atomic mass is 16.2. The van der Waals surface area contributed by atoms with Gasteiger partial charge in [-0.1, -0.05) is 6.08 Å². The Morgan fingerprint density at radius 3 is 2.75 bits per heavy atom. The molecule has 0 aromatic carbocycles. The number of amides is 1. The molecule has 2 aromatic rings. The smallest absolute Gasteiger partial charge is 0.228 e. The summed E-state index contributed by atoms with van der Waals surface area (Å²) < 4.78 is 0. The third-order valence-corrected chi connectivity index (χ3v) is 5.32. The summed E-state index contributed by atoms with van der Waals surface area (Å²) in [5.74, 6) is 0.800. The van der Waals surface area contributed by atoms with Crippen LogP contribution in [0.2, 0.25) is 0 Å². The molecular formula is C22H26N4O2. The molecule has 1 unspecified atom stereocenters. The van der Waals surface area contributed by atoms with E-state index in [1.165, 1.54) is 5.57 Å². The van der Waals surface area contributed by atoms with Crippen LogP contribution in [0, 0.1) is 5.92 Å². The highest BCUT2D eigenvalue weighted by Gasteiger charge is 2.29. The second-order valence-electron chi connectivity index (χ2n) is 7.65. The lowest BCUT2D eigenvalue weighted by Crippen LogP contribution is -2.26. The number of aromatic nitrogens is 2. The molecule has 0 radical (unpaired) electrons. The Morgan fingerprint density at radius 2 is 2.00 bits per heavy atom. The van der Waals surface area contributed by atoms with E-state index in [1.807, 2.05) is 24.5 Å². The minimum absolute atomic E-state index is 0.0594. The van der Waals surface area contributed by atoms with Gasteiger partial charge in [-0.2, -0.15) is 0 Å². The number of fused-ring (bicyclic) bond motifs is 1. The molecular weight excluding hydrogens is 352 g/mol. The predicted octanol–water partition coefficient (Wildman–Crippen LogP) is 3.40. The van der Waals surface area contributed by atoms with Gasteiger partial charge >= 0.3 is 0 Å². The van der Waals surface area contributed by atoms with Gasteiger partial charge in [0, 0.05) is 53.5 Å². The molecule has 0 bridgehead atoms. The zero-order chi connectivity index (χ0) is 19.5. The number of unbranched alkanes of at least 4 members (excludes halogenated alkanes) is 1. The Morgan fingerprint density at radius 1 is 1.21 bits per heavy atom. The summed E-state index contributed by atoms with van der Waals surface area (Å²) in [5.41, 5.74) is 3.17. The van der Waals surface area contributed by atoms with E-state index in [4.69, 9.17) is 5.11 Å². The Balaban J connectivity index is 1.48. The SMILES string of the molecule is CC1=CC(CCCCO)NC=C1c1cc2cnc(NC(=O)C3CC3)cc2cn1. The molecule has 1 aliphatic carbocycles. The number of allylic oxidation sites excluding steroid dienone is 2. The number of hydrogen-bond donors (Lipinski definition) is 3. The average Bonchev–Trinajstić information content (AvgIpc) is 3.53.